The van der Waals surface area contributed by atoms with Gasteiger partial charge in [0.2, 0.25) is 5.91 Å². The largest absolute Gasteiger partial charge is 0.398 e. The van der Waals surface area contributed by atoms with Gasteiger partial charge in [0.25, 0.3) is 11.8 Å². The van der Waals surface area contributed by atoms with Crippen LogP contribution in [0, 0.1) is 13.8 Å². The van der Waals surface area contributed by atoms with Crippen LogP contribution in [-0.2, 0) is 11.2 Å². The molecule has 3 rings (SSSR count). The van der Waals surface area contributed by atoms with Gasteiger partial charge in [0, 0.05) is 30.7 Å². The second-order valence-electron chi connectivity index (χ2n) is 7.24. The fraction of sp³-hybridized carbons (Fsp3) is 0.182. The molecular weight excluding hydrogens is 382 g/mol. The lowest BCUT2D eigenvalue weighted by Crippen LogP contribution is -2.29. The maximum Gasteiger partial charge on any atom is 0.261 e. The maximum atomic E-state index is 12.5. The molecule has 1 aliphatic rings. The van der Waals surface area contributed by atoms with Crippen molar-refractivity contribution in [1.29, 1.82) is 0 Å². The van der Waals surface area contributed by atoms with Crippen LogP contribution in [0.5, 0.6) is 0 Å². The van der Waals surface area contributed by atoms with Gasteiger partial charge in [-0.2, -0.15) is 0 Å². The van der Waals surface area contributed by atoms with E-state index >= 15 is 0 Å². The van der Waals surface area contributed by atoms with Crippen molar-refractivity contribution in [2.75, 3.05) is 7.05 Å². The van der Waals surface area contributed by atoms with Gasteiger partial charge < -0.3 is 16.8 Å². The normalized spacial score (nSPS) is 14.2. The van der Waals surface area contributed by atoms with E-state index < -0.39 is 11.8 Å². The van der Waals surface area contributed by atoms with Crippen LogP contribution < -0.4 is 16.8 Å². The number of fused-ring (bicyclic) bond motifs is 1. The number of nitrogens with two attached hydrogens (primary N) is 2. The number of hydrogen-bond acceptors (Lipinski definition) is 6. The highest BCUT2D eigenvalue weighted by atomic mass is 16.2. The molecule has 0 spiro atoms. The molecule has 154 valence electrons. The Bertz CT molecular complexity index is 1120. The molecule has 5 N–H and O–H groups in total. The summed E-state index contributed by atoms with van der Waals surface area (Å²) >= 11 is 0. The number of pyridine rings is 1. The van der Waals surface area contributed by atoms with Crippen LogP contribution >= 0.6 is 0 Å². The summed E-state index contributed by atoms with van der Waals surface area (Å²) in [5, 5.41) is 2.57. The first-order chi connectivity index (χ1) is 14.2. The van der Waals surface area contributed by atoms with E-state index in [2.05, 4.69) is 10.3 Å². The zero-order valence-electron chi connectivity index (χ0n) is 17.0. The molecule has 3 amide bonds. The third kappa shape index (κ3) is 4.22. The average Bonchev–Trinajstić information content (AvgIpc) is 2.90. The molecule has 0 atom stereocenters. The summed E-state index contributed by atoms with van der Waals surface area (Å²) in [5.74, 6) is -1.09. The first kappa shape index (κ1) is 20.8. The Morgan fingerprint density at radius 1 is 1.07 bits per heavy atom. The minimum absolute atomic E-state index is 0.0909. The molecule has 0 radical (unpaired) electrons. The third-order valence-electron chi connectivity index (χ3n) is 4.70. The molecule has 1 aromatic heterocycles. The van der Waals surface area contributed by atoms with Crippen LogP contribution in [0.1, 0.15) is 43.0 Å². The molecule has 1 aliphatic heterocycles. The number of benzene rings is 1. The Labute approximate surface area is 174 Å². The van der Waals surface area contributed by atoms with E-state index in [4.69, 9.17) is 11.5 Å². The van der Waals surface area contributed by atoms with E-state index in [1.807, 2.05) is 13.0 Å². The quantitative estimate of drug-likeness (QED) is 0.509. The van der Waals surface area contributed by atoms with Gasteiger partial charge in [-0.15, -0.1) is 0 Å². The Hall–Kier alpha value is -3.94. The molecule has 0 aliphatic carbocycles. The van der Waals surface area contributed by atoms with Gasteiger partial charge in [-0.3, -0.25) is 24.3 Å². The number of nitrogens with zero attached hydrogens (tertiary/aromatic N) is 2. The van der Waals surface area contributed by atoms with Crippen molar-refractivity contribution >= 4 is 23.4 Å². The standard InChI is InChI=1S/C22H23N5O3/c1-12-6-14(20-16(8-12)21(29)27(3)22(20)30)9-19(28)26-18(24)5-4-17(23)15-7-13(2)10-25-11-15/h4-8,10-11H,9,23-24H2,1-3H3,(H,26,28)/b17-4-,18-5+. The Balaban J connectivity index is 1.74. The van der Waals surface area contributed by atoms with Crippen molar-refractivity contribution in [2.45, 2.75) is 20.3 Å². The van der Waals surface area contributed by atoms with Crippen molar-refractivity contribution in [3.05, 3.63) is 81.9 Å². The Morgan fingerprint density at radius 2 is 1.80 bits per heavy atom. The average molecular weight is 405 g/mol. The van der Waals surface area contributed by atoms with Gasteiger partial charge in [0.15, 0.2) is 0 Å². The van der Waals surface area contributed by atoms with Gasteiger partial charge in [0.1, 0.15) is 5.82 Å². The fourth-order valence-corrected chi connectivity index (χ4v) is 3.27. The lowest BCUT2D eigenvalue weighted by atomic mass is 9.97. The highest BCUT2D eigenvalue weighted by Gasteiger charge is 2.35. The van der Waals surface area contributed by atoms with E-state index in [-0.39, 0.29) is 23.7 Å². The first-order valence-corrected chi connectivity index (χ1v) is 9.28. The van der Waals surface area contributed by atoms with Gasteiger partial charge in [0.05, 0.1) is 17.5 Å². The molecule has 0 fully saturated rings. The van der Waals surface area contributed by atoms with Crippen LogP contribution in [0.3, 0.4) is 0 Å². The molecule has 30 heavy (non-hydrogen) atoms. The number of carbonyl (C=O) groups is 3. The van der Waals surface area contributed by atoms with Gasteiger partial charge in [-0.25, -0.2) is 0 Å². The molecular formula is C22H23N5O3. The number of amides is 3. The van der Waals surface area contributed by atoms with Crippen molar-refractivity contribution in [1.82, 2.24) is 15.2 Å². The van der Waals surface area contributed by atoms with Crippen LogP contribution in [0.25, 0.3) is 5.70 Å². The summed E-state index contributed by atoms with van der Waals surface area (Å²) in [6.07, 6.45) is 6.33. The third-order valence-corrected chi connectivity index (χ3v) is 4.70. The number of allylic oxidation sites excluding steroid dienone is 2. The first-order valence-electron chi connectivity index (χ1n) is 9.28. The van der Waals surface area contributed by atoms with Crippen molar-refractivity contribution in [3.8, 4) is 0 Å². The highest BCUT2D eigenvalue weighted by Crippen LogP contribution is 2.27. The minimum Gasteiger partial charge on any atom is -0.398 e. The zero-order chi connectivity index (χ0) is 22.0. The monoisotopic (exact) mass is 405 g/mol. The lowest BCUT2D eigenvalue weighted by Gasteiger charge is -2.09. The molecule has 1 aromatic carbocycles. The van der Waals surface area contributed by atoms with E-state index in [1.54, 1.807) is 37.5 Å². The smallest absolute Gasteiger partial charge is 0.261 e. The summed E-state index contributed by atoms with van der Waals surface area (Å²) in [7, 11) is 1.42. The molecule has 2 heterocycles. The van der Waals surface area contributed by atoms with Gasteiger partial charge in [-0.1, -0.05) is 6.07 Å². The predicted molar refractivity (Wildman–Crippen MR) is 113 cm³/mol. The second-order valence-corrected chi connectivity index (χ2v) is 7.24. The molecule has 8 heteroatoms. The molecule has 0 saturated carbocycles. The van der Waals surface area contributed by atoms with E-state index in [1.165, 1.54) is 13.1 Å². The SMILES string of the molecule is Cc1cncc(/C(N)=C/C=C(\N)NC(=O)Cc2cc(C)cc3c2C(=O)N(C)C3=O)c1. The van der Waals surface area contributed by atoms with E-state index in [0.717, 1.165) is 21.6 Å². The molecule has 8 nitrogen and oxygen atoms in total. The Morgan fingerprint density at radius 3 is 2.50 bits per heavy atom. The number of aromatic nitrogens is 1. The topological polar surface area (TPSA) is 131 Å². The molecule has 0 bridgehead atoms. The number of nitrogens with one attached hydrogen (secondary N) is 1. The summed E-state index contributed by atoms with van der Waals surface area (Å²) in [6.45, 7) is 3.71. The van der Waals surface area contributed by atoms with Crippen molar-refractivity contribution < 1.29 is 14.4 Å². The van der Waals surface area contributed by atoms with Gasteiger partial charge >= 0.3 is 0 Å². The van der Waals surface area contributed by atoms with Crippen LogP contribution in [-0.4, -0.2) is 34.7 Å². The van der Waals surface area contributed by atoms with Crippen molar-refractivity contribution in [3.63, 3.8) is 0 Å². The summed E-state index contributed by atoms with van der Waals surface area (Å²) < 4.78 is 0. The Kier molecular flexibility index (Phi) is 5.68. The lowest BCUT2D eigenvalue weighted by molar-refractivity contribution is -0.119. The number of imide groups is 1. The number of rotatable bonds is 5. The summed E-state index contributed by atoms with van der Waals surface area (Å²) in [5.41, 5.74) is 15.9. The van der Waals surface area contributed by atoms with Gasteiger partial charge in [-0.05, 0) is 54.8 Å². The molecule has 2 aromatic rings. The molecule has 0 unspecified atom stereocenters. The number of aryl methyl sites for hydroxylation is 2. The summed E-state index contributed by atoms with van der Waals surface area (Å²) in [4.78, 5) is 42.2. The van der Waals surface area contributed by atoms with E-state index in [0.29, 0.717) is 16.8 Å². The zero-order valence-corrected chi connectivity index (χ0v) is 17.0. The second kappa shape index (κ2) is 8.20. The highest BCUT2D eigenvalue weighted by molar-refractivity contribution is 6.22. The van der Waals surface area contributed by atoms with Crippen molar-refractivity contribution in [2.24, 2.45) is 11.5 Å². The fourth-order valence-electron chi connectivity index (χ4n) is 3.27. The van der Waals surface area contributed by atoms with Crippen LogP contribution in [0.2, 0.25) is 0 Å². The number of carbonyl (C=O) groups excluding carboxylic acids is 3. The van der Waals surface area contributed by atoms with Crippen LogP contribution in [0.4, 0.5) is 0 Å². The minimum atomic E-state index is -0.413. The number of hydrogen-bond donors (Lipinski definition) is 3. The van der Waals surface area contributed by atoms with E-state index in [9.17, 15) is 14.4 Å². The predicted octanol–water partition coefficient (Wildman–Crippen LogP) is 1.38. The maximum absolute atomic E-state index is 12.5. The molecule has 0 saturated heterocycles. The van der Waals surface area contributed by atoms with Crippen LogP contribution in [0.15, 0.2) is 48.6 Å². The summed E-state index contributed by atoms with van der Waals surface area (Å²) in [6, 6.07) is 5.27.